The monoisotopic (exact) mass is 517 g/mol. The predicted molar refractivity (Wildman–Crippen MR) is 132 cm³/mol. The van der Waals surface area contributed by atoms with Crippen molar-refractivity contribution in [2.24, 2.45) is 0 Å². The topological polar surface area (TPSA) is 81.6 Å². The van der Waals surface area contributed by atoms with Crippen LogP contribution in [-0.2, 0) is 22.5 Å². The molecule has 0 spiro atoms. The Morgan fingerprint density at radius 3 is 2.47 bits per heavy atom. The summed E-state index contributed by atoms with van der Waals surface area (Å²) in [7, 11) is 2.82. The van der Waals surface area contributed by atoms with Crippen LogP contribution in [0.15, 0.2) is 47.6 Å². The molecule has 0 saturated carbocycles. The van der Waals surface area contributed by atoms with Crippen LogP contribution < -0.4 is 4.74 Å². The summed E-state index contributed by atoms with van der Waals surface area (Å²) in [5.74, 6) is -0.440. The second-order valence-corrected chi connectivity index (χ2v) is 9.10. The number of fused-ring (bicyclic) bond motifs is 1. The Morgan fingerprint density at radius 1 is 1.12 bits per heavy atom. The summed E-state index contributed by atoms with van der Waals surface area (Å²) >= 11 is 14.0. The minimum absolute atomic E-state index is 0.131. The van der Waals surface area contributed by atoms with Crippen molar-refractivity contribution < 1.29 is 19.1 Å². The van der Waals surface area contributed by atoms with E-state index in [-0.39, 0.29) is 18.1 Å². The zero-order chi connectivity index (χ0) is 24.4. The maximum Gasteiger partial charge on any atom is 0.328 e. The summed E-state index contributed by atoms with van der Waals surface area (Å²) in [6, 6.07) is 11.9. The number of aromatic nitrogens is 2. The second kappa shape index (κ2) is 10.2. The van der Waals surface area contributed by atoms with Crippen LogP contribution in [-0.4, -0.2) is 53.3 Å². The molecule has 34 heavy (non-hydrogen) atoms. The lowest BCUT2D eigenvalue weighted by Gasteiger charge is -2.25. The van der Waals surface area contributed by atoms with E-state index in [1.165, 1.54) is 30.9 Å². The van der Waals surface area contributed by atoms with Crippen LogP contribution in [0.3, 0.4) is 0 Å². The maximum absolute atomic E-state index is 13.5. The molecule has 0 bridgehead atoms. The maximum atomic E-state index is 13.5. The number of thioether (sulfide) groups is 1. The highest BCUT2D eigenvalue weighted by Crippen LogP contribution is 2.40. The zero-order valence-electron chi connectivity index (χ0n) is 18.7. The fraction of sp³-hybridized carbons (Fsp3) is 0.250. The van der Waals surface area contributed by atoms with Gasteiger partial charge in [-0.05, 0) is 24.0 Å². The van der Waals surface area contributed by atoms with Gasteiger partial charge in [-0.1, -0.05) is 65.3 Å². The van der Waals surface area contributed by atoms with E-state index in [9.17, 15) is 9.59 Å². The number of benzene rings is 2. The lowest BCUT2D eigenvalue weighted by Crippen LogP contribution is -2.43. The summed E-state index contributed by atoms with van der Waals surface area (Å²) in [6.07, 6.45) is 2.13. The van der Waals surface area contributed by atoms with Gasteiger partial charge in [0.2, 0.25) is 0 Å². The largest absolute Gasteiger partial charge is 0.495 e. The molecule has 2 heterocycles. The molecule has 1 aliphatic rings. The van der Waals surface area contributed by atoms with E-state index in [1.807, 2.05) is 36.6 Å². The minimum atomic E-state index is -0.824. The Kier molecular flexibility index (Phi) is 7.30. The van der Waals surface area contributed by atoms with Gasteiger partial charge in [-0.25, -0.2) is 14.8 Å². The molecule has 3 aromatic rings. The molecule has 0 radical (unpaired) electrons. The molecule has 0 saturated heterocycles. The first-order chi connectivity index (χ1) is 16.4. The number of carbonyl (C=O) groups is 2. The first-order valence-corrected chi connectivity index (χ1v) is 12.3. The van der Waals surface area contributed by atoms with E-state index in [0.717, 1.165) is 5.56 Å². The van der Waals surface area contributed by atoms with Gasteiger partial charge >= 0.3 is 5.97 Å². The average molecular weight is 518 g/mol. The van der Waals surface area contributed by atoms with Crippen molar-refractivity contribution in [1.29, 1.82) is 0 Å². The number of rotatable bonds is 7. The summed E-state index contributed by atoms with van der Waals surface area (Å²) in [5, 5.41) is 1.13. The Morgan fingerprint density at radius 2 is 1.82 bits per heavy atom. The number of ether oxygens (including phenoxy) is 2. The van der Waals surface area contributed by atoms with Crippen molar-refractivity contribution in [1.82, 2.24) is 14.9 Å². The van der Waals surface area contributed by atoms with Crippen LogP contribution in [0.25, 0.3) is 11.3 Å². The Hall–Kier alpha value is -2.81. The highest BCUT2D eigenvalue weighted by atomic mass is 35.5. The number of nitrogens with zero attached hydrogens (tertiary/aromatic N) is 3. The Bertz CT molecular complexity index is 1260. The van der Waals surface area contributed by atoms with Gasteiger partial charge in [-0.15, -0.1) is 0 Å². The van der Waals surface area contributed by atoms with Crippen molar-refractivity contribution in [2.75, 3.05) is 20.5 Å². The van der Waals surface area contributed by atoms with Crippen molar-refractivity contribution in [3.63, 3.8) is 0 Å². The summed E-state index contributed by atoms with van der Waals surface area (Å²) < 4.78 is 10.4. The van der Waals surface area contributed by atoms with Crippen molar-refractivity contribution in [3.05, 3.63) is 69.3 Å². The lowest BCUT2D eigenvalue weighted by atomic mass is 10.0. The first kappa shape index (κ1) is 24.3. The van der Waals surface area contributed by atoms with Gasteiger partial charge in [0.25, 0.3) is 5.91 Å². The fourth-order valence-corrected chi connectivity index (χ4v) is 4.81. The predicted octanol–water partition coefficient (Wildman–Crippen LogP) is 4.92. The van der Waals surface area contributed by atoms with E-state index in [0.29, 0.717) is 44.2 Å². The number of esters is 1. The first-order valence-electron chi connectivity index (χ1n) is 10.3. The summed E-state index contributed by atoms with van der Waals surface area (Å²) in [5.41, 5.74) is 2.78. The van der Waals surface area contributed by atoms with Gasteiger partial charge in [-0.2, -0.15) is 0 Å². The van der Waals surface area contributed by atoms with Crippen LogP contribution in [0.1, 0.15) is 21.6 Å². The summed E-state index contributed by atoms with van der Waals surface area (Å²) in [4.78, 5) is 36.8. The van der Waals surface area contributed by atoms with Crippen molar-refractivity contribution in [2.45, 2.75) is 24.2 Å². The van der Waals surface area contributed by atoms with Gasteiger partial charge in [0.15, 0.2) is 5.16 Å². The molecule has 4 rings (SSSR count). The van der Waals surface area contributed by atoms with Gasteiger partial charge in [-0.3, -0.25) is 4.79 Å². The highest BCUT2D eigenvalue weighted by Gasteiger charge is 2.40. The molecule has 0 aliphatic carbocycles. The van der Waals surface area contributed by atoms with Gasteiger partial charge in [0.1, 0.15) is 17.5 Å². The lowest BCUT2D eigenvalue weighted by molar-refractivity contribution is -0.146. The molecular formula is C24H21Cl2N3O4S. The molecule has 1 unspecified atom stereocenters. The highest BCUT2D eigenvalue weighted by molar-refractivity contribution is 7.98. The van der Waals surface area contributed by atoms with Gasteiger partial charge in [0, 0.05) is 17.5 Å². The molecular weight excluding hydrogens is 497 g/mol. The van der Waals surface area contributed by atoms with Crippen molar-refractivity contribution in [3.8, 4) is 17.0 Å². The van der Waals surface area contributed by atoms with Crippen LogP contribution in [0.5, 0.6) is 5.75 Å². The third-order valence-corrected chi connectivity index (χ3v) is 6.73. The fourth-order valence-electron chi connectivity index (χ4n) is 3.90. The molecule has 2 aromatic carbocycles. The zero-order valence-corrected chi connectivity index (χ0v) is 21.0. The van der Waals surface area contributed by atoms with Gasteiger partial charge < -0.3 is 14.4 Å². The molecule has 1 atom stereocenters. The van der Waals surface area contributed by atoms with Crippen LogP contribution in [0.2, 0.25) is 10.0 Å². The number of halogens is 2. The molecule has 0 N–H and O–H groups in total. The smallest absolute Gasteiger partial charge is 0.328 e. The van der Waals surface area contributed by atoms with E-state index in [2.05, 4.69) is 9.97 Å². The molecule has 10 heteroatoms. The second-order valence-electron chi connectivity index (χ2n) is 7.51. The minimum Gasteiger partial charge on any atom is -0.495 e. The Balaban J connectivity index is 1.81. The Labute approximate surface area is 211 Å². The molecule has 1 aromatic heterocycles. The third kappa shape index (κ3) is 4.58. The molecule has 7 nitrogen and oxygen atoms in total. The van der Waals surface area contributed by atoms with E-state index >= 15 is 0 Å². The quantitative estimate of drug-likeness (QED) is 0.250. The van der Waals surface area contributed by atoms with Crippen LogP contribution >= 0.6 is 35.0 Å². The summed E-state index contributed by atoms with van der Waals surface area (Å²) in [6.45, 7) is 0.131. The molecule has 0 fully saturated rings. The molecule has 1 aliphatic heterocycles. The number of methoxy groups -OCH3 is 2. The number of hydrogen-bond acceptors (Lipinski definition) is 7. The normalized spacial score (nSPS) is 13.6. The standard InChI is InChI=1S/C24H21Cl2N3O4S/c1-32-19-10-14(16(25)11-17(19)26)20-15-12-29(22(30)21(15)28-24(27-20)34-3)18(23(31)33-2)9-13-7-5-4-6-8-13/h4-8,10-11,18H,9,12H2,1-3H3. The van der Waals surface area contributed by atoms with E-state index < -0.39 is 12.0 Å². The van der Waals surface area contributed by atoms with Gasteiger partial charge in [0.05, 0.1) is 36.5 Å². The SMILES string of the molecule is COC(=O)C(Cc1ccccc1)N1Cc2c(nc(SC)nc2-c2cc(OC)c(Cl)cc2Cl)C1=O. The van der Waals surface area contributed by atoms with Crippen molar-refractivity contribution >= 4 is 46.8 Å². The third-order valence-electron chi connectivity index (χ3n) is 5.58. The molecule has 176 valence electrons. The van der Waals surface area contributed by atoms with E-state index in [4.69, 9.17) is 32.7 Å². The number of amides is 1. The van der Waals surface area contributed by atoms with Crippen LogP contribution in [0.4, 0.5) is 0 Å². The number of hydrogen-bond donors (Lipinski definition) is 0. The van der Waals surface area contributed by atoms with Crippen LogP contribution in [0, 0.1) is 0 Å². The van der Waals surface area contributed by atoms with E-state index in [1.54, 1.807) is 12.1 Å². The average Bonchev–Trinajstić information content (AvgIpc) is 3.18. The number of carbonyl (C=O) groups excluding carboxylic acids is 2. The molecule has 1 amide bonds.